The molecule has 6 heteroatoms. The number of nitrogens with one attached hydrogen (secondary N) is 1. The van der Waals surface area contributed by atoms with Crippen LogP contribution in [0.25, 0.3) is 11.3 Å². The molecule has 0 aliphatic heterocycles. The summed E-state index contributed by atoms with van der Waals surface area (Å²) in [6.45, 7) is 2.12. The lowest BCUT2D eigenvalue weighted by Crippen LogP contribution is -2.05. The lowest BCUT2D eigenvalue weighted by atomic mass is 10.2. The van der Waals surface area contributed by atoms with E-state index in [1.165, 1.54) is 0 Å². The van der Waals surface area contributed by atoms with Gasteiger partial charge in [-0.05, 0) is 43.3 Å². The Kier molecular flexibility index (Phi) is 4.76. The van der Waals surface area contributed by atoms with Crippen molar-refractivity contribution in [3.8, 4) is 11.3 Å². The summed E-state index contributed by atoms with van der Waals surface area (Å²) >= 11 is 0. The monoisotopic (exact) mass is 320 g/mol. The molecule has 0 spiro atoms. The maximum absolute atomic E-state index is 11.8. The molecule has 0 radical (unpaired) electrons. The van der Waals surface area contributed by atoms with Gasteiger partial charge in [-0.1, -0.05) is 6.07 Å². The van der Waals surface area contributed by atoms with E-state index in [1.807, 2.05) is 24.3 Å². The highest BCUT2D eigenvalue weighted by Gasteiger charge is 2.08. The number of carbonyl (C=O) groups excluding carboxylic acids is 1. The Labute approximate surface area is 139 Å². The van der Waals surface area contributed by atoms with Crippen LogP contribution < -0.4 is 5.32 Å². The summed E-state index contributed by atoms with van der Waals surface area (Å²) in [6.07, 6.45) is 5.13. The molecule has 1 aromatic carbocycles. The molecule has 24 heavy (non-hydrogen) atoms. The van der Waals surface area contributed by atoms with E-state index in [0.29, 0.717) is 23.8 Å². The average Bonchev–Trinajstić information content (AvgIpc) is 2.63. The van der Waals surface area contributed by atoms with Gasteiger partial charge < -0.3 is 10.1 Å². The molecule has 0 amide bonds. The summed E-state index contributed by atoms with van der Waals surface area (Å²) < 4.78 is 5.01. The van der Waals surface area contributed by atoms with Crippen LogP contribution >= 0.6 is 0 Å². The van der Waals surface area contributed by atoms with Crippen molar-refractivity contribution >= 4 is 17.6 Å². The number of anilines is 2. The fraction of sp³-hybridized carbons (Fsp3) is 0.111. The molecular formula is C18H16N4O2. The molecule has 3 rings (SSSR count). The summed E-state index contributed by atoms with van der Waals surface area (Å²) in [7, 11) is 0. The largest absolute Gasteiger partial charge is 0.462 e. The number of aromatic nitrogens is 3. The Bertz CT molecular complexity index is 837. The quantitative estimate of drug-likeness (QED) is 0.725. The summed E-state index contributed by atoms with van der Waals surface area (Å²) in [6, 6.07) is 12.6. The van der Waals surface area contributed by atoms with E-state index in [4.69, 9.17) is 4.74 Å². The third-order valence-electron chi connectivity index (χ3n) is 3.24. The highest BCUT2D eigenvalue weighted by molar-refractivity contribution is 5.90. The molecule has 0 saturated carbocycles. The zero-order valence-electron chi connectivity index (χ0n) is 13.1. The van der Waals surface area contributed by atoms with Gasteiger partial charge in [0, 0.05) is 29.8 Å². The summed E-state index contributed by atoms with van der Waals surface area (Å²) in [4.78, 5) is 24.6. The van der Waals surface area contributed by atoms with Gasteiger partial charge in [-0.3, -0.25) is 4.98 Å². The highest BCUT2D eigenvalue weighted by atomic mass is 16.5. The number of ether oxygens (including phenoxy) is 1. The topological polar surface area (TPSA) is 77.0 Å². The van der Waals surface area contributed by atoms with Crippen LogP contribution in [0.2, 0.25) is 0 Å². The minimum absolute atomic E-state index is 0.340. The van der Waals surface area contributed by atoms with Crippen molar-refractivity contribution in [3.05, 3.63) is 66.6 Å². The third kappa shape index (κ3) is 3.73. The molecule has 2 heterocycles. The highest BCUT2D eigenvalue weighted by Crippen LogP contribution is 2.19. The first-order valence-corrected chi connectivity index (χ1v) is 7.54. The van der Waals surface area contributed by atoms with Crippen LogP contribution in [0.1, 0.15) is 17.3 Å². The minimum atomic E-state index is -0.355. The Morgan fingerprint density at radius 3 is 2.88 bits per heavy atom. The summed E-state index contributed by atoms with van der Waals surface area (Å²) in [5.74, 6) is 0.0866. The Morgan fingerprint density at radius 2 is 2.08 bits per heavy atom. The zero-order chi connectivity index (χ0) is 16.8. The molecule has 0 aliphatic carbocycles. The summed E-state index contributed by atoms with van der Waals surface area (Å²) in [5, 5.41) is 3.10. The van der Waals surface area contributed by atoms with Crippen LogP contribution in [-0.2, 0) is 4.74 Å². The van der Waals surface area contributed by atoms with Gasteiger partial charge in [-0.25, -0.2) is 14.8 Å². The first kappa shape index (κ1) is 15.6. The number of rotatable bonds is 5. The predicted molar refractivity (Wildman–Crippen MR) is 90.9 cm³/mol. The van der Waals surface area contributed by atoms with Crippen molar-refractivity contribution in [2.75, 3.05) is 11.9 Å². The zero-order valence-corrected chi connectivity index (χ0v) is 13.1. The molecule has 0 aliphatic rings. The lowest BCUT2D eigenvalue weighted by molar-refractivity contribution is 0.0526. The second-order valence-corrected chi connectivity index (χ2v) is 4.93. The first-order valence-electron chi connectivity index (χ1n) is 7.54. The van der Waals surface area contributed by atoms with E-state index in [2.05, 4.69) is 20.3 Å². The summed E-state index contributed by atoms with van der Waals surface area (Å²) in [5.41, 5.74) is 2.86. The Morgan fingerprint density at radius 1 is 1.17 bits per heavy atom. The van der Waals surface area contributed by atoms with Gasteiger partial charge in [0.25, 0.3) is 0 Å². The van der Waals surface area contributed by atoms with Gasteiger partial charge in [0.15, 0.2) is 0 Å². The normalized spacial score (nSPS) is 10.2. The smallest absolute Gasteiger partial charge is 0.338 e. The van der Waals surface area contributed by atoms with Gasteiger partial charge in [0.1, 0.15) is 0 Å². The molecule has 0 unspecified atom stereocenters. The van der Waals surface area contributed by atoms with Crippen molar-refractivity contribution < 1.29 is 9.53 Å². The maximum Gasteiger partial charge on any atom is 0.338 e. The van der Waals surface area contributed by atoms with Gasteiger partial charge in [-0.15, -0.1) is 0 Å². The molecule has 0 fully saturated rings. The second kappa shape index (κ2) is 7.32. The van der Waals surface area contributed by atoms with Crippen molar-refractivity contribution in [2.24, 2.45) is 0 Å². The molecule has 0 atom stereocenters. The van der Waals surface area contributed by atoms with Crippen molar-refractivity contribution in [1.29, 1.82) is 0 Å². The Balaban J connectivity index is 1.82. The van der Waals surface area contributed by atoms with Crippen molar-refractivity contribution in [2.45, 2.75) is 6.92 Å². The molecule has 1 N–H and O–H groups in total. The van der Waals surface area contributed by atoms with E-state index in [0.717, 1.165) is 11.3 Å². The van der Waals surface area contributed by atoms with Crippen LogP contribution in [0, 0.1) is 0 Å². The number of hydrogen-bond acceptors (Lipinski definition) is 6. The fourth-order valence-electron chi connectivity index (χ4n) is 2.16. The van der Waals surface area contributed by atoms with Gasteiger partial charge in [0.05, 0.1) is 17.9 Å². The number of esters is 1. The van der Waals surface area contributed by atoms with Crippen LogP contribution in [0.3, 0.4) is 0 Å². The molecule has 3 aromatic rings. The lowest BCUT2D eigenvalue weighted by Gasteiger charge is -2.08. The second-order valence-electron chi connectivity index (χ2n) is 4.93. The van der Waals surface area contributed by atoms with Crippen LogP contribution in [-0.4, -0.2) is 27.5 Å². The third-order valence-corrected chi connectivity index (χ3v) is 3.24. The van der Waals surface area contributed by atoms with E-state index in [9.17, 15) is 4.79 Å². The molecule has 2 aromatic heterocycles. The fourth-order valence-corrected chi connectivity index (χ4v) is 2.16. The number of nitrogens with zero attached hydrogens (tertiary/aromatic N) is 3. The Hall–Kier alpha value is -3.28. The van der Waals surface area contributed by atoms with Crippen molar-refractivity contribution in [1.82, 2.24) is 15.0 Å². The first-order chi connectivity index (χ1) is 11.8. The molecule has 0 bridgehead atoms. The molecule has 6 nitrogen and oxygen atoms in total. The van der Waals surface area contributed by atoms with Crippen LogP contribution in [0.15, 0.2) is 61.1 Å². The van der Waals surface area contributed by atoms with E-state index < -0.39 is 0 Å². The maximum atomic E-state index is 11.8. The number of carbonyl (C=O) groups is 1. The van der Waals surface area contributed by atoms with E-state index in [-0.39, 0.29) is 5.97 Å². The standard InChI is InChI=1S/C18H16N4O2/c1-2-24-17(23)13-5-3-7-15(11-13)21-18-20-10-8-16(22-18)14-6-4-9-19-12-14/h3-12H,2H2,1H3,(H,20,21,22). The van der Waals surface area contributed by atoms with E-state index >= 15 is 0 Å². The average molecular weight is 320 g/mol. The number of pyridine rings is 1. The molecule has 120 valence electrons. The van der Waals surface area contributed by atoms with E-state index in [1.54, 1.807) is 43.7 Å². The van der Waals surface area contributed by atoms with Gasteiger partial charge in [-0.2, -0.15) is 0 Å². The molecule has 0 saturated heterocycles. The predicted octanol–water partition coefficient (Wildman–Crippen LogP) is 3.46. The van der Waals surface area contributed by atoms with Gasteiger partial charge in [0.2, 0.25) is 5.95 Å². The number of hydrogen-bond donors (Lipinski definition) is 1. The van der Waals surface area contributed by atoms with Crippen LogP contribution in [0.4, 0.5) is 11.6 Å². The van der Waals surface area contributed by atoms with Gasteiger partial charge >= 0.3 is 5.97 Å². The molecular weight excluding hydrogens is 304 g/mol. The SMILES string of the molecule is CCOC(=O)c1cccc(Nc2nccc(-c3cccnc3)n2)c1. The minimum Gasteiger partial charge on any atom is -0.462 e. The van der Waals surface area contributed by atoms with Crippen molar-refractivity contribution in [3.63, 3.8) is 0 Å². The van der Waals surface area contributed by atoms with Crippen LogP contribution in [0.5, 0.6) is 0 Å². The number of benzene rings is 1.